The molecule has 3 aromatic rings. The fourth-order valence-corrected chi connectivity index (χ4v) is 2.01. The number of furan rings is 1. The number of ether oxygens (including phenoxy) is 1. The zero-order valence-electron chi connectivity index (χ0n) is 10.8. The number of anilines is 1. The Morgan fingerprint density at radius 2 is 2.15 bits per heavy atom. The van der Waals surface area contributed by atoms with E-state index in [9.17, 15) is 4.79 Å². The van der Waals surface area contributed by atoms with E-state index in [0.717, 1.165) is 5.39 Å². The Bertz CT molecular complexity index is 751. The van der Waals surface area contributed by atoms with Crippen LogP contribution >= 0.6 is 0 Å². The monoisotopic (exact) mass is 268 g/mol. The number of benzene rings is 1. The molecule has 0 radical (unpaired) electrons. The third kappa shape index (κ3) is 2.09. The molecule has 2 heterocycles. The second kappa shape index (κ2) is 5.05. The highest BCUT2D eigenvalue weighted by Crippen LogP contribution is 2.29. The van der Waals surface area contributed by atoms with Crippen molar-refractivity contribution in [3.8, 4) is 5.75 Å². The van der Waals surface area contributed by atoms with Crippen molar-refractivity contribution in [2.45, 2.75) is 0 Å². The molecule has 1 amide bonds. The van der Waals surface area contributed by atoms with Gasteiger partial charge in [-0.25, -0.2) is 0 Å². The third-order valence-electron chi connectivity index (χ3n) is 2.95. The Balaban J connectivity index is 2.02. The largest absolute Gasteiger partial charge is 0.494 e. The number of hydrogen-bond acceptors (Lipinski definition) is 4. The van der Waals surface area contributed by atoms with E-state index < -0.39 is 0 Å². The maximum Gasteiger partial charge on any atom is 0.291 e. The van der Waals surface area contributed by atoms with Gasteiger partial charge < -0.3 is 14.5 Å². The molecule has 20 heavy (non-hydrogen) atoms. The summed E-state index contributed by atoms with van der Waals surface area (Å²) in [7, 11) is 1.59. The fraction of sp³-hybridized carbons (Fsp3) is 0.0667. The summed E-state index contributed by atoms with van der Waals surface area (Å²) in [6, 6.07) is 10.5. The minimum atomic E-state index is -0.301. The van der Waals surface area contributed by atoms with Crippen molar-refractivity contribution in [2.24, 2.45) is 0 Å². The minimum absolute atomic E-state index is 0.262. The molecule has 0 aliphatic heterocycles. The standard InChI is InChI=1S/C15H12N2O3/c1-19-12-7-6-11(10-4-2-8-16-14(10)12)17-15(18)13-5-3-9-20-13/h2-9H,1H3,(H,17,18). The van der Waals surface area contributed by atoms with Gasteiger partial charge in [-0.1, -0.05) is 0 Å². The highest BCUT2D eigenvalue weighted by atomic mass is 16.5. The van der Waals surface area contributed by atoms with E-state index in [1.54, 1.807) is 37.6 Å². The fourth-order valence-electron chi connectivity index (χ4n) is 2.01. The van der Waals surface area contributed by atoms with Crippen LogP contribution in [0, 0.1) is 0 Å². The van der Waals surface area contributed by atoms with E-state index in [1.165, 1.54) is 6.26 Å². The molecule has 2 aromatic heterocycles. The maximum absolute atomic E-state index is 12.0. The Kier molecular flexibility index (Phi) is 3.09. The van der Waals surface area contributed by atoms with Crippen LogP contribution in [0.3, 0.4) is 0 Å². The molecular weight excluding hydrogens is 256 g/mol. The molecular formula is C15H12N2O3. The Labute approximate surface area is 115 Å². The number of rotatable bonds is 3. The maximum atomic E-state index is 12.0. The second-order valence-corrected chi connectivity index (χ2v) is 4.15. The van der Waals surface area contributed by atoms with Gasteiger partial charge in [-0.2, -0.15) is 0 Å². The number of carbonyl (C=O) groups excluding carboxylic acids is 1. The summed E-state index contributed by atoms with van der Waals surface area (Å²) in [6.45, 7) is 0. The van der Waals surface area contributed by atoms with E-state index >= 15 is 0 Å². The molecule has 0 saturated heterocycles. The quantitative estimate of drug-likeness (QED) is 0.792. The number of nitrogens with one attached hydrogen (secondary N) is 1. The van der Waals surface area contributed by atoms with Crippen LogP contribution in [0.5, 0.6) is 5.75 Å². The summed E-state index contributed by atoms with van der Waals surface area (Å²) in [6.07, 6.45) is 3.14. The summed E-state index contributed by atoms with van der Waals surface area (Å²) in [5.74, 6) is 0.625. The number of hydrogen-bond donors (Lipinski definition) is 1. The Morgan fingerprint density at radius 3 is 2.90 bits per heavy atom. The number of nitrogens with zero attached hydrogens (tertiary/aromatic N) is 1. The van der Waals surface area contributed by atoms with Crippen LogP contribution in [0.25, 0.3) is 10.9 Å². The molecule has 1 N–H and O–H groups in total. The lowest BCUT2D eigenvalue weighted by atomic mass is 10.1. The van der Waals surface area contributed by atoms with Crippen LogP contribution in [-0.4, -0.2) is 18.0 Å². The first kappa shape index (κ1) is 12.2. The van der Waals surface area contributed by atoms with Crippen molar-refractivity contribution in [3.05, 3.63) is 54.6 Å². The lowest BCUT2D eigenvalue weighted by molar-refractivity contribution is 0.0997. The molecule has 5 heteroatoms. The molecule has 5 nitrogen and oxygen atoms in total. The van der Waals surface area contributed by atoms with Crippen LogP contribution < -0.4 is 10.1 Å². The van der Waals surface area contributed by atoms with Crippen LogP contribution in [0.15, 0.2) is 53.3 Å². The second-order valence-electron chi connectivity index (χ2n) is 4.15. The molecule has 0 aliphatic rings. The third-order valence-corrected chi connectivity index (χ3v) is 2.95. The van der Waals surface area contributed by atoms with Crippen LogP contribution in [-0.2, 0) is 0 Å². The summed E-state index contributed by atoms with van der Waals surface area (Å²) < 4.78 is 10.3. The first-order chi connectivity index (χ1) is 9.79. The minimum Gasteiger partial charge on any atom is -0.494 e. The van der Waals surface area contributed by atoms with Crippen molar-refractivity contribution >= 4 is 22.5 Å². The number of aromatic nitrogens is 1. The summed E-state index contributed by atoms with van der Waals surface area (Å²) in [5.41, 5.74) is 1.36. The van der Waals surface area contributed by atoms with Crippen molar-refractivity contribution in [1.29, 1.82) is 0 Å². The normalized spacial score (nSPS) is 10.4. The molecule has 0 spiro atoms. The van der Waals surface area contributed by atoms with Gasteiger partial charge in [0.2, 0.25) is 0 Å². The van der Waals surface area contributed by atoms with E-state index in [2.05, 4.69) is 10.3 Å². The van der Waals surface area contributed by atoms with Gasteiger partial charge in [0.1, 0.15) is 11.3 Å². The number of carbonyl (C=O) groups is 1. The van der Waals surface area contributed by atoms with E-state index in [1.807, 2.05) is 12.1 Å². The summed E-state index contributed by atoms with van der Waals surface area (Å²) >= 11 is 0. The first-order valence-corrected chi connectivity index (χ1v) is 6.06. The highest BCUT2D eigenvalue weighted by Gasteiger charge is 2.12. The van der Waals surface area contributed by atoms with Gasteiger partial charge in [0.05, 0.1) is 19.1 Å². The summed E-state index contributed by atoms with van der Waals surface area (Å²) in [4.78, 5) is 16.3. The number of pyridine rings is 1. The van der Waals surface area contributed by atoms with Crippen molar-refractivity contribution in [2.75, 3.05) is 12.4 Å². The van der Waals surface area contributed by atoms with Crippen molar-refractivity contribution < 1.29 is 13.9 Å². The number of amides is 1. The zero-order valence-corrected chi connectivity index (χ0v) is 10.8. The van der Waals surface area contributed by atoms with Gasteiger partial charge in [-0.05, 0) is 36.4 Å². The predicted molar refractivity (Wildman–Crippen MR) is 75.0 cm³/mol. The van der Waals surface area contributed by atoms with Gasteiger partial charge in [0.15, 0.2) is 5.76 Å². The average Bonchev–Trinajstić information content (AvgIpc) is 3.02. The lowest BCUT2D eigenvalue weighted by Crippen LogP contribution is -2.11. The number of fused-ring (bicyclic) bond motifs is 1. The van der Waals surface area contributed by atoms with Crippen molar-refractivity contribution in [1.82, 2.24) is 4.98 Å². The SMILES string of the molecule is COc1ccc(NC(=O)c2ccco2)c2cccnc12. The van der Waals surface area contributed by atoms with Crippen LogP contribution in [0.4, 0.5) is 5.69 Å². The molecule has 0 atom stereocenters. The van der Waals surface area contributed by atoms with E-state index in [4.69, 9.17) is 9.15 Å². The van der Waals surface area contributed by atoms with Gasteiger partial charge in [0, 0.05) is 11.6 Å². The van der Waals surface area contributed by atoms with Gasteiger partial charge in [-0.3, -0.25) is 9.78 Å². The van der Waals surface area contributed by atoms with Gasteiger partial charge >= 0.3 is 0 Å². The van der Waals surface area contributed by atoms with E-state index in [0.29, 0.717) is 17.0 Å². The van der Waals surface area contributed by atoms with Gasteiger partial charge in [-0.15, -0.1) is 0 Å². The predicted octanol–water partition coefficient (Wildman–Crippen LogP) is 3.09. The zero-order chi connectivity index (χ0) is 13.9. The first-order valence-electron chi connectivity index (χ1n) is 6.06. The molecule has 3 rings (SSSR count). The average molecular weight is 268 g/mol. The Hall–Kier alpha value is -2.82. The van der Waals surface area contributed by atoms with E-state index in [-0.39, 0.29) is 11.7 Å². The molecule has 0 saturated carbocycles. The molecule has 0 fully saturated rings. The molecule has 0 bridgehead atoms. The molecule has 0 aliphatic carbocycles. The van der Waals surface area contributed by atoms with Crippen LogP contribution in [0.2, 0.25) is 0 Å². The lowest BCUT2D eigenvalue weighted by Gasteiger charge is -2.10. The summed E-state index contributed by atoms with van der Waals surface area (Å²) in [5, 5.41) is 3.62. The van der Waals surface area contributed by atoms with Crippen LogP contribution in [0.1, 0.15) is 10.6 Å². The highest BCUT2D eigenvalue weighted by molar-refractivity contribution is 6.08. The van der Waals surface area contributed by atoms with Crippen molar-refractivity contribution in [3.63, 3.8) is 0 Å². The molecule has 1 aromatic carbocycles. The molecule has 0 unspecified atom stereocenters. The van der Waals surface area contributed by atoms with Gasteiger partial charge in [0.25, 0.3) is 5.91 Å². The smallest absolute Gasteiger partial charge is 0.291 e. The number of methoxy groups -OCH3 is 1. The Morgan fingerprint density at radius 1 is 1.25 bits per heavy atom. The topological polar surface area (TPSA) is 64.4 Å². The molecule has 100 valence electrons.